The van der Waals surface area contributed by atoms with Crippen LogP contribution in [0, 0.1) is 10.1 Å². The van der Waals surface area contributed by atoms with E-state index in [-0.39, 0.29) is 23.2 Å². The second-order valence-electron chi connectivity index (χ2n) is 8.39. The third kappa shape index (κ3) is 4.45. The van der Waals surface area contributed by atoms with Gasteiger partial charge in [-0.2, -0.15) is 4.31 Å². The molecule has 2 aromatic rings. The molecule has 31 heavy (non-hydrogen) atoms. The summed E-state index contributed by atoms with van der Waals surface area (Å²) in [6.45, 7) is 4.45. The third-order valence-corrected chi connectivity index (χ3v) is 8.34. The number of nitrogens with zero attached hydrogens (tertiary/aromatic N) is 3. The van der Waals surface area contributed by atoms with E-state index in [4.69, 9.17) is 0 Å². The van der Waals surface area contributed by atoms with Gasteiger partial charge >= 0.3 is 0 Å². The van der Waals surface area contributed by atoms with Crippen LogP contribution < -0.4 is 4.90 Å². The van der Waals surface area contributed by atoms with Crippen LogP contribution in [0.2, 0.25) is 0 Å². The number of sulfonamides is 1. The van der Waals surface area contributed by atoms with Crippen molar-refractivity contribution in [1.82, 2.24) is 4.31 Å². The summed E-state index contributed by atoms with van der Waals surface area (Å²) in [5, 5.41) is 11.2. The van der Waals surface area contributed by atoms with Gasteiger partial charge in [-0.1, -0.05) is 31.0 Å². The van der Waals surface area contributed by atoms with Crippen molar-refractivity contribution in [2.45, 2.75) is 62.9 Å². The summed E-state index contributed by atoms with van der Waals surface area (Å²) in [6, 6.07) is 11.6. The molecule has 0 radical (unpaired) electrons. The standard InChI is InChI=1S/C23H29N3O4S/c1-2-24-14-6-7-19-15-18(12-13-23(19)24)17-25(20-8-3-4-9-20)31(29,30)22-11-5-10-21(16-22)26(27)28/h5,10-13,15-16,20H,2-4,6-9,14,17H2,1H3. The molecule has 2 aromatic carbocycles. The largest absolute Gasteiger partial charge is 0.372 e. The molecule has 8 heteroatoms. The van der Waals surface area contributed by atoms with Crippen molar-refractivity contribution in [2.24, 2.45) is 0 Å². The molecule has 0 aromatic heterocycles. The molecule has 1 aliphatic heterocycles. The minimum atomic E-state index is -3.86. The predicted molar refractivity (Wildman–Crippen MR) is 121 cm³/mol. The maximum atomic E-state index is 13.6. The Labute approximate surface area is 183 Å². The molecule has 1 saturated carbocycles. The highest BCUT2D eigenvalue weighted by Gasteiger charge is 2.34. The van der Waals surface area contributed by atoms with Gasteiger partial charge in [0.25, 0.3) is 5.69 Å². The van der Waals surface area contributed by atoms with Crippen LogP contribution in [-0.4, -0.2) is 36.8 Å². The van der Waals surface area contributed by atoms with Gasteiger partial charge < -0.3 is 4.90 Å². The lowest BCUT2D eigenvalue weighted by Crippen LogP contribution is -2.38. The van der Waals surface area contributed by atoms with Crippen molar-refractivity contribution in [3.63, 3.8) is 0 Å². The number of hydrogen-bond donors (Lipinski definition) is 0. The molecule has 2 aliphatic rings. The molecule has 0 atom stereocenters. The second kappa shape index (κ2) is 8.96. The van der Waals surface area contributed by atoms with Crippen LogP contribution in [0.4, 0.5) is 11.4 Å². The Balaban J connectivity index is 1.68. The number of nitro groups is 1. The van der Waals surface area contributed by atoms with E-state index in [1.807, 2.05) is 6.07 Å². The average Bonchev–Trinajstić information content (AvgIpc) is 3.31. The Kier molecular flexibility index (Phi) is 6.29. The van der Waals surface area contributed by atoms with Crippen LogP contribution in [0.1, 0.15) is 50.2 Å². The molecule has 0 bridgehead atoms. The van der Waals surface area contributed by atoms with Crippen molar-refractivity contribution in [2.75, 3.05) is 18.0 Å². The topological polar surface area (TPSA) is 83.8 Å². The third-order valence-electron chi connectivity index (χ3n) is 6.45. The van der Waals surface area contributed by atoms with Crippen molar-refractivity contribution in [3.05, 3.63) is 63.7 Å². The number of rotatable bonds is 7. The monoisotopic (exact) mass is 443 g/mol. The summed E-state index contributed by atoms with van der Waals surface area (Å²) < 4.78 is 28.7. The van der Waals surface area contributed by atoms with E-state index in [0.29, 0.717) is 0 Å². The number of fused-ring (bicyclic) bond motifs is 1. The molecule has 1 aliphatic carbocycles. The first-order valence-corrected chi connectivity index (χ1v) is 12.5. The summed E-state index contributed by atoms with van der Waals surface area (Å²) >= 11 is 0. The second-order valence-corrected chi connectivity index (χ2v) is 10.3. The number of hydrogen-bond acceptors (Lipinski definition) is 5. The maximum absolute atomic E-state index is 13.6. The van der Waals surface area contributed by atoms with E-state index in [1.54, 1.807) is 4.31 Å². The number of nitro benzene ring substituents is 1. The molecule has 0 N–H and O–H groups in total. The van der Waals surface area contributed by atoms with Gasteiger partial charge in [0.1, 0.15) is 0 Å². The first kappa shape index (κ1) is 21.8. The van der Waals surface area contributed by atoms with Gasteiger partial charge in [0.05, 0.1) is 9.82 Å². The van der Waals surface area contributed by atoms with Crippen LogP contribution in [0.3, 0.4) is 0 Å². The fourth-order valence-corrected chi connectivity index (χ4v) is 6.54. The first-order chi connectivity index (χ1) is 14.9. The Hall–Kier alpha value is -2.45. The maximum Gasteiger partial charge on any atom is 0.270 e. The Morgan fingerprint density at radius 2 is 1.90 bits per heavy atom. The SMILES string of the molecule is CCN1CCCc2cc(CN(C3CCCC3)S(=O)(=O)c3cccc([N+](=O)[O-])c3)ccc21. The van der Waals surface area contributed by atoms with Gasteiger partial charge in [-0.25, -0.2) is 8.42 Å². The van der Waals surface area contributed by atoms with Crippen LogP contribution in [0.5, 0.6) is 0 Å². The van der Waals surface area contributed by atoms with Gasteiger partial charge in [0.15, 0.2) is 0 Å². The molecule has 166 valence electrons. The van der Waals surface area contributed by atoms with Crippen molar-refractivity contribution < 1.29 is 13.3 Å². The van der Waals surface area contributed by atoms with Crippen LogP contribution in [-0.2, 0) is 23.0 Å². The van der Waals surface area contributed by atoms with Gasteiger partial charge in [0.2, 0.25) is 10.0 Å². The summed E-state index contributed by atoms with van der Waals surface area (Å²) in [5.74, 6) is 0. The van der Waals surface area contributed by atoms with Gasteiger partial charge in [-0.3, -0.25) is 10.1 Å². The molecule has 4 rings (SSSR count). The number of aryl methyl sites for hydroxylation is 1. The minimum absolute atomic E-state index is 0.0104. The number of benzene rings is 2. The molecule has 0 amide bonds. The zero-order chi connectivity index (χ0) is 22.0. The summed E-state index contributed by atoms with van der Waals surface area (Å²) in [5.41, 5.74) is 3.27. The summed E-state index contributed by atoms with van der Waals surface area (Å²) in [4.78, 5) is 13.0. The minimum Gasteiger partial charge on any atom is -0.372 e. The zero-order valence-electron chi connectivity index (χ0n) is 17.9. The molecule has 1 heterocycles. The van der Waals surface area contributed by atoms with Gasteiger partial charge in [0, 0.05) is 43.5 Å². The van der Waals surface area contributed by atoms with Gasteiger partial charge in [-0.05, 0) is 55.9 Å². The lowest BCUT2D eigenvalue weighted by Gasteiger charge is -2.32. The van der Waals surface area contributed by atoms with E-state index < -0.39 is 14.9 Å². The van der Waals surface area contributed by atoms with Crippen LogP contribution >= 0.6 is 0 Å². The fourth-order valence-electron chi connectivity index (χ4n) is 4.83. The first-order valence-electron chi connectivity index (χ1n) is 11.0. The average molecular weight is 444 g/mol. The number of non-ortho nitro benzene ring substituents is 1. The normalized spacial score (nSPS) is 17.2. The highest BCUT2D eigenvalue weighted by Crippen LogP contribution is 2.33. The van der Waals surface area contributed by atoms with Crippen LogP contribution in [0.15, 0.2) is 47.4 Å². The van der Waals surface area contributed by atoms with Crippen LogP contribution in [0.25, 0.3) is 0 Å². The molecule has 7 nitrogen and oxygen atoms in total. The van der Waals surface area contributed by atoms with E-state index in [2.05, 4.69) is 24.0 Å². The molecule has 0 saturated heterocycles. The Bertz CT molecular complexity index is 1060. The molecule has 0 unspecified atom stereocenters. The highest BCUT2D eigenvalue weighted by molar-refractivity contribution is 7.89. The fraction of sp³-hybridized carbons (Fsp3) is 0.478. The molecular weight excluding hydrogens is 414 g/mol. The summed E-state index contributed by atoms with van der Waals surface area (Å²) in [6.07, 6.45) is 5.75. The van der Waals surface area contributed by atoms with Crippen molar-refractivity contribution in [1.29, 1.82) is 0 Å². The molecule has 1 fully saturated rings. The van der Waals surface area contributed by atoms with E-state index >= 15 is 0 Å². The highest BCUT2D eigenvalue weighted by atomic mass is 32.2. The van der Waals surface area contributed by atoms with Gasteiger partial charge in [-0.15, -0.1) is 0 Å². The number of anilines is 1. The quantitative estimate of drug-likeness (QED) is 0.465. The van der Waals surface area contributed by atoms with Crippen molar-refractivity contribution in [3.8, 4) is 0 Å². The lowest BCUT2D eigenvalue weighted by molar-refractivity contribution is -0.385. The smallest absolute Gasteiger partial charge is 0.270 e. The summed E-state index contributed by atoms with van der Waals surface area (Å²) in [7, 11) is -3.86. The Morgan fingerprint density at radius 1 is 1.13 bits per heavy atom. The Morgan fingerprint density at radius 3 is 2.61 bits per heavy atom. The van der Waals surface area contributed by atoms with E-state index in [1.165, 1.54) is 35.5 Å². The van der Waals surface area contributed by atoms with E-state index in [9.17, 15) is 18.5 Å². The lowest BCUT2D eigenvalue weighted by atomic mass is 9.99. The zero-order valence-corrected chi connectivity index (χ0v) is 18.7. The molecule has 0 spiro atoms. The van der Waals surface area contributed by atoms with Crippen molar-refractivity contribution >= 4 is 21.4 Å². The predicted octanol–water partition coefficient (Wildman–Crippen LogP) is 4.50. The van der Waals surface area contributed by atoms with E-state index in [0.717, 1.165) is 57.2 Å². The molecular formula is C23H29N3O4S.